The van der Waals surface area contributed by atoms with Crippen LogP contribution in [0, 0.1) is 0 Å². The Balaban J connectivity index is 2.45. The van der Waals surface area contributed by atoms with Crippen molar-refractivity contribution in [2.24, 2.45) is 0 Å². The first-order valence-electron chi connectivity index (χ1n) is 5.42. The van der Waals surface area contributed by atoms with Crippen LogP contribution in [0.1, 0.15) is 18.4 Å². The first-order valence-corrected chi connectivity index (χ1v) is 5.42. The van der Waals surface area contributed by atoms with Crippen molar-refractivity contribution in [3.05, 3.63) is 29.8 Å². The highest BCUT2D eigenvalue weighted by molar-refractivity contribution is 6.42. The summed E-state index contributed by atoms with van der Waals surface area (Å²) in [5, 5.41) is 0. The van der Waals surface area contributed by atoms with Crippen molar-refractivity contribution in [3.63, 3.8) is 0 Å². The largest absolute Gasteiger partial charge is 0.418 e. The molecule has 0 atom stereocenters. The summed E-state index contributed by atoms with van der Waals surface area (Å²) in [5.41, 5.74) is -1.14. The molecule has 0 spiro atoms. The van der Waals surface area contributed by atoms with Crippen LogP contribution < -0.4 is 4.90 Å². The number of carbonyl (C=O) groups excluding carboxylic acids is 2. The molecule has 1 saturated heterocycles. The van der Waals surface area contributed by atoms with Gasteiger partial charge in [0.05, 0.1) is 11.3 Å². The van der Waals surface area contributed by atoms with E-state index in [9.17, 15) is 22.8 Å². The van der Waals surface area contributed by atoms with Gasteiger partial charge in [-0.2, -0.15) is 13.2 Å². The number of alkyl halides is 3. The normalized spacial score (nSPS) is 17.2. The van der Waals surface area contributed by atoms with Crippen LogP contribution in [0.4, 0.5) is 18.9 Å². The fourth-order valence-corrected chi connectivity index (χ4v) is 1.94. The number of halogens is 3. The number of carbonyl (C=O) groups is 2. The van der Waals surface area contributed by atoms with E-state index in [2.05, 4.69) is 0 Å². The van der Waals surface area contributed by atoms with Gasteiger partial charge in [0.1, 0.15) is 0 Å². The topological polar surface area (TPSA) is 37.4 Å². The quantitative estimate of drug-likeness (QED) is 0.724. The summed E-state index contributed by atoms with van der Waals surface area (Å²) in [5.74, 6) is -1.50. The monoisotopic (exact) mass is 257 g/mol. The summed E-state index contributed by atoms with van der Waals surface area (Å²) in [7, 11) is 0. The lowest BCUT2D eigenvalue weighted by molar-refractivity contribution is -0.139. The van der Waals surface area contributed by atoms with Crippen LogP contribution in [0.5, 0.6) is 0 Å². The van der Waals surface area contributed by atoms with Gasteiger partial charge in [0.2, 0.25) is 5.78 Å². The molecule has 1 aromatic carbocycles. The predicted molar refractivity (Wildman–Crippen MR) is 58.0 cm³/mol. The predicted octanol–water partition coefficient (Wildman–Crippen LogP) is 2.40. The molecule has 1 heterocycles. The molecule has 6 heteroatoms. The third kappa shape index (κ3) is 2.23. The molecule has 1 amide bonds. The summed E-state index contributed by atoms with van der Waals surface area (Å²) in [6, 6.07) is 4.78. The Morgan fingerprint density at radius 3 is 2.44 bits per heavy atom. The third-order valence-electron chi connectivity index (χ3n) is 2.77. The molecule has 1 fully saturated rings. The molecular weight excluding hydrogens is 247 g/mol. The minimum absolute atomic E-state index is 0.101. The Morgan fingerprint density at radius 1 is 1.11 bits per heavy atom. The van der Waals surface area contributed by atoms with Crippen molar-refractivity contribution in [1.29, 1.82) is 0 Å². The van der Waals surface area contributed by atoms with Gasteiger partial charge < -0.3 is 4.90 Å². The summed E-state index contributed by atoms with van der Waals surface area (Å²) >= 11 is 0. The molecule has 0 aromatic heterocycles. The number of amides is 1. The lowest BCUT2D eigenvalue weighted by Gasteiger charge is -2.28. The highest BCUT2D eigenvalue weighted by atomic mass is 19.4. The summed E-state index contributed by atoms with van der Waals surface area (Å²) in [4.78, 5) is 23.8. The Morgan fingerprint density at radius 2 is 1.78 bits per heavy atom. The second kappa shape index (κ2) is 4.44. The molecular formula is C12H10F3NO2. The van der Waals surface area contributed by atoms with Gasteiger partial charge in [-0.3, -0.25) is 9.59 Å². The zero-order valence-electron chi connectivity index (χ0n) is 9.33. The van der Waals surface area contributed by atoms with E-state index in [-0.39, 0.29) is 18.7 Å². The lowest BCUT2D eigenvalue weighted by atomic mass is 10.1. The number of hydrogen-bond donors (Lipinski definition) is 0. The van der Waals surface area contributed by atoms with E-state index in [1.807, 2.05) is 0 Å². The van der Waals surface area contributed by atoms with Crippen LogP contribution in [0.3, 0.4) is 0 Å². The van der Waals surface area contributed by atoms with Crippen LogP contribution in [0.25, 0.3) is 0 Å². The zero-order valence-corrected chi connectivity index (χ0v) is 9.33. The van der Waals surface area contributed by atoms with E-state index in [0.717, 1.165) is 11.0 Å². The Labute approximate surface area is 101 Å². The number of para-hydroxylation sites is 1. The van der Waals surface area contributed by atoms with Crippen molar-refractivity contribution < 1.29 is 22.8 Å². The number of hydrogen-bond acceptors (Lipinski definition) is 2. The second-order valence-corrected chi connectivity index (χ2v) is 4.00. The summed E-state index contributed by atoms with van der Waals surface area (Å²) in [6.45, 7) is 0.137. The van der Waals surface area contributed by atoms with Gasteiger partial charge in [-0.05, 0) is 18.6 Å². The van der Waals surface area contributed by atoms with E-state index in [0.29, 0.717) is 6.42 Å². The van der Waals surface area contributed by atoms with Crippen molar-refractivity contribution in [1.82, 2.24) is 0 Å². The smallest absolute Gasteiger partial charge is 0.305 e. The maximum atomic E-state index is 12.8. The van der Waals surface area contributed by atoms with Crippen LogP contribution in [-0.4, -0.2) is 18.2 Å². The SMILES string of the molecule is O=C1CCCN(c2ccccc2C(F)(F)F)C1=O. The first kappa shape index (κ1) is 12.6. The molecule has 0 aliphatic carbocycles. The minimum Gasteiger partial charge on any atom is -0.305 e. The van der Waals surface area contributed by atoms with Gasteiger partial charge in [0.25, 0.3) is 5.91 Å². The van der Waals surface area contributed by atoms with Crippen molar-refractivity contribution in [2.75, 3.05) is 11.4 Å². The summed E-state index contributed by atoms with van der Waals surface area (Å²) < 4.78 is 38.4. The molecule has 1 aromatic rings. The highest BCUT2D eigenvalue weighted by Crippen LogP contribution is 2.37. The van der Waals surface area contributed by atoms with E-state index < -0.39 is 23.4 Å². The molecule has 0 radical (unpaired) electrons. The molecule has 96 valence electrons. The highest BCUT2D eigenvalue weighted by Gasteiger charge is 2.37. The number of ketones is 1. The second-order valence-electron chi connectivity index (χ2n) is 4.00. The molecule has 2 rings (SSSR count). The van der Waals surface area contributed by atoms with E-state index >= 15 is 0 Å². The van der Waals surface area contributed by atoms with Gasteiger partial charge in [-0.25, -0.2) is 0 Å². The number of rotatable bonds is 1. The maximum Gasteiger partial charge on any atom is 0.418 e. The molecule has 3 nitrogen and oxygen atoms in total. The molecule has 0 N–H and O–H groups in total. The van der Waals surface area contributed by atoms with Crippen molar-refractivity contribution in [3.8, 4) is 0 Å². The zero-order chi connectivity index (χ0) is 13.3. The molecule has 1 aliphatic rings. The van der Waals surface area contributed by atoms with Gasteiger partial charge in [0.15, 0.2) is 0 Å². The fraction of sp³-hybridized carbons (Fsp3) is 0.333. The molecule has 0 saturated carbocycles. The summed E-state index contributed by atoms with van der Waals surface area (Å²) in [6.07, 6.45) is -4.06. The van der Waals surface area contributed by atoms with Gasteiger partial charge in [-0.15, -0.1) is 0 Å². The van der Waals surface area contributed by atoms with Crippen LogP contribution in [0.15, 0.2) is 24.3 Å². The number of anilines is 1. The Hall–Kier alpha value is -1.85. The molecule has 0 bridgehead atoms. The average molecular weight is 257 g/mol. The number of benzene rings is 1. The van der Waals surface area contributed by atoms with Gasteiger partial charge in [-0.1, -0.05) is 12.1 Å². The van der Waals surface area contributed by atoms with Crippen LogP contribution >= 0.6 is 0 Å². The minimum atomic E-state index is -4.54. The van der Waals surface area contributed by atoms with Gasteiger partial charge in [0, 0.05) is 13.0 Å². The number of nitrogens with zero attached hydrogens (tertiary/aromatic N) is 1. The lowest BCUT2D eigenvalue weighted by Crippen LogP contribution is -2.42. The third-order valence-corrected chi connectivity index (χ3v) is 2.77. The van der Waals surface area contributed by atoms with Crippen molar-refractivity contribution in [2.45, 2.75) is 19.0 Å². The molecule has 0 unspecified atom stereocenters. The van der Waals surface area contributed by atoms with E-state index in [1.165, 1.54) is 18.2 Å². The standard InChI is InChI=1S/C12H10F3NO2/c13-12(14,15)8-4-1-2-5-9(8)16-7-3-6-10(17)11(16)18/h1-2,4-5H,3,6-7H2. The maximum absolute atomic E-state index is 12.8. The Bertz CT molecular complexity index is 496. The van der Waals surface area contributed by atoms with Crippen LogP contribution in [-0.2, 0) is 15.8 Å². The molecule has 1 aliphatic heterocycles. The van der Waals surface area contributed by atoms with Crippen LogP contribution in [0.2, 0.25) is 0 Å². The Kier molecular flexibility index (Phi) is 3.11. The number of piperidine rings is 1. The number of Topliss-reactive ketones (excluding diaryl/α,β-unsaturated/α-hetero) is 1. The van der Waals surface area contributed by atoms with E-state index in [1.54, 1.807) is 0 Å². The average Bonchev–Trinajstić information content (AvgIpc) is 2.32. The van der Waals surface area contributed by atoms with Gasteiger partial charge >= 0.3 is 6.18 Å². The first-order chi connectivity index (χ1) is 8.41. The fourth-order valence-electron chi connectivity index (χ4n) is 1.94. The van der Waals surface area contributed by atoms with Crippen molar-refractivity contribution >= 4 is 17.4 Å². The molecule has 18 heavy (non-hydrogen) atoms. The van der Waals surface area contributed by atoms with E-state index in [4.69, 9.17) is 0 Å².